The molecule has 2 heteroatoms. The summed E-state index contributed by atoms with van der Waals surface area (Å²) < 4.78 is 2.57. The topological polar surface area (TPSA) is 3.24 Å². The number of anilines is 3. The molecule has 1 aromatic heterocycles. The molecule has 0 fully saturated rings. The second kappa shape index (κ2) is 17.0. The van der Waals surface area contributed by atoms with Gasteiger partial charge in [0, 0.05) is 26.8 Å². The number of hydrogen-bond acceptors (Lipinski definition) is 2. The Morgan fingerprint density at radius 2 is 0.636 bits per heavy atom. The van der Waals surface area contributed by atoms with Crippen LogP contribution in [-0.4, -0.2) is 0 Å². The minimum absolute atomic E-state index is 1.11. The van der Waals surface area contributed by atoms with Gasteiger partial charge in [-0.3, -0.25) is 0 Å². The number of benzene rings is 11. The van der Waals surface area contributed by atoms with Gasteiger partial charge in [0.2, 0.25) is 0 Å². The SMILES string of the molecule is c1ccc(-c2cc(-c3ccccc3)cc(-c3ccc(N(c4ccc(-c5ccc(-c6cccc(-c7ccc8ccccc8c7)c6)cc5)cc4)c4cccc5c4sc4ccccc45)cc3)c2)cc1. The van der Waals surface area contributed by atoms with Crippen LogP contribution in [0.2, 0.25) is 0 Å². The van der Waals surface area contributed by atoms with Crippen molar-refractivity contribution >= 4 is 59.3 Å². The average molecular weight is 858 g/mol. The van der Waals surface area contributed by atoms with Crippen molar-refractivity contribution in [1.82, 2.24) is 0 Å². The second-order valence-corrected chi connectivity index (χ2v) is 18.0. The zero-order valence-corrected chi connectivity index (χ0v) is 37.0. The monoisotopic (exact) mass is 857 g/mol. The Morgan fingerprint density at radius 3 is 1.26 bits per heavy atom. The van der Waals surface area contributed by atoms with Gasteiger partial charge >= 0.3 is 0 Å². The molecule has 0 atom stereocenters. The normalized spacial score (nSPS) is 11.3. The lowest BCUT2D eigenvalue weighted by Gasteiger charge is -2.26. The first-order valence-corrected chi connectivity index (χ1v) is 23.4. The highest BCUT2D eigenvalue weighted by Gasteiger charge is 2.19. The van der Waals surface area contributed by atoms with Gasteiger partial charge in [-0.15, -0.1) is 11.3 Å². The van der Waals surface area contributed by atoms with Crippen LogP contribution in [0.15, 0.2) is 261 Å². The van der Waals surface area contributed by atoms with Crippen LogP contribution in [0, 0.1) is 0 Å². The van der Waals surface area contributed by atoms with Crippen LogP contribution in [-0.2, 0) is 0 Å². The summed E-state index contributed by atoms with van der Waals surface area (Å²) >= 11 is 1.86. The molecule has 11 aromatic carbocycles. The van der Waals surface area contributed by atoms with Gasteiger partial charge in [-0.05, 0) is 144 Å². The Morgan fingerprint density at radius 1 is 0.242 bits per heavy atom. The summed E-state index contributed by atoms with van der Waals surface area (Å²) in [5, 5.41) is 5.09. The van der Waals surface area contributed by atoms with Crippen molar-refractivity contribution in [3.8, 4) is 66.8 Å². The minimum Gasteiger partial charge on any atom is -0.309 e. The third kappa shape index (κ3) is 7.54. The van der Waals surface area contributed by atoms with Crippen LogP contribution in [0.1, 0.15) is 0 Å². The van der Waals surface area contributed by atoms with Crippen LogP contribution in [0.5, 0.6) is 0 Å². The smallest absolute Gasteiger partial charge is 0.0640 e. The average Bonchev–Trinajstić information content (AvgIpc) is 3.79. The molecule has 66 heavy (non-hydrogen) atoms. The maximum absolute atomic E-state index is 2.42. The Labute approximate surface area is 389 Å². The van der Waals surface area contributed by atoms with Crippen molar-refractivity contribution in [1.29, 1.82) is 0 Å². The van der Waals surface area contributed by atoms with Gasteiger partial charge < -0.3 is 4.90 Å². The maximum Gasteiger partial charge on any atom is 0.0640 e. The van der Waals surface area contributed by atoms with E-state index in [-0.39, 0.29) is 0 Å². The van der Waals surface area contributed by atoms with Crippen molar-refractivity contribution < 1.29 is 0 Å². The molecule has 310 valence electrons. The first kappa shape index (κ1) is 39.3. The van der Waals surface area contributed by atoms with Crippen molar-refractivity contribution in [2.75, 3.05) is 4.90 Å². The van der Waals surface area contributed by atoms with E-state index in [0.29, 0.717) is 0 Å². The van der Waals surface area contributed by atoms with Gasteiger partial charge in [0.25, 0.3) is 0 Å². The fourth-order valence-corrected chi connectivity index (χ4v) is 10.6. The Bertz CT molecular complexity index is 3610. The molecule has 0 bridgehead atoms. The first-order chi connectivity index (χ1) is 32.7. The molecule has 0 radical (unpaired) electrons. The van der Waals surface area contributed by atoms with Gasteiger partial charge in [0.1, 0.15) is 0 Å². The molecule has 12 rings (SSSR count). The fraction of sp³-hybridized carbons (Fsp3) is 0. The van der Waals surface area contributed by atoms with Crippen LogP contribution in [0.4, 0.5) is 17.1 Å². The first-order valence-electron chi connectivity index (χ1n) is 22.6. The van der Waals surface area contributed by atoms with E-state index >= 15 is 0 Å². The quantitative estimate of drug-likeness (QED) is 0.140. The molecular weight excluding hydrogens is 815 g/mol. The molecule has 0 saturated heterocycles. The molecule has 0 aliphatic rings. The number of thiophene rings is 1. The molecule has 1 heterocycles. The van der Waals surface area contributed by atoms with Crippen molar-refractivity contribution in [2.24, 2.45) is 0 Å². The highest BCUT2D eigenvalue weighted by molar-refractivity contribution is 7.26. The van der Waals surface area contributed by atoms with Crippen LogP contribution in [0.25, 0.3) is 97.7 Å². The summed E-state index contributed by atoms with van der Waals surface area (Å²) in [4.78, 5) is 2.42. The molecule has 0 amide bonds. The molecule has 0 spiro atoms. The lowest BCUT2D eigenvalue weighted by atomic mass is 9.93. The summed E-state index contributed by atoms with van der Waals surface area (Å²) in [6.45, 7) is 0. The Hall–Kier alpha value is -8.30. The van der Waals surface area contributed by atoms with E-state index in [1.807, 2.05) is 11.3 Å². The van der Waals surface area contributed by atoms with Gasteiger partial charge in [0.15, 0.2) is 0 Å². The molecule has 12 aromatic rings. The van der Waals surface area contributed by atoms with E-state index in [1.54, 1.807) is 0 Å². The third-order valence-electron chi connectivity index (χ3n) is 12.9. The second-order valence-electron chi connectivity index (χ2n) is 16.9. The molecule has 1 nitrogen and oxygen atoms in total. The Balaban J connectivity index is 0.892. The van der Waals surface area contributed by atoms with Gasteiger partial charge in [-0.2, -0.15) is 0 Å². The number of nitrogens with zero attached hydrogens (tertiary/aromatic N) is 1. The molecule has 0 N–H and O–H groups in total. The van der Waals surface area contributed by atoms with Crippen LogP contribution in [0.3, 0.4) is 0 Å². The highest BCUT2D eigenvalue weighted by atomic mass is 32.1. The van der Waals surface area contributed by atoms with Crippen molar-refractivity contribution in [2.45, 2.75) is 0 Å². The van der Waals surface area contributed by atoms with E-state index in [9.17, 15) is 0 Å². The van der Waals surface area contributed by atoms with Gasteiger partial charge in [0.05, 0.1) is 10.4 Å². The number of rotatable bonds is 9. The zero-order valence-electron chi connectivity index (χ0n) is 36.2. The standard InChI is InChI=1S/C64H43NS/c1-3-13-44(14-4-1)55-41-56(45-15-5-2-6-16-45)43-57(42-55)50-33-37-59(38-34-50)65(62-23-12-22-61-60-21-9-10-24-63(60)66-64(61)62)58-35-31-48(32-36-58)47-25-27-49(28-26-47)52-19-11-20-53(39-52)54-30-29-46-17-7-8-18-51(46)40-54/h1-43H. The molecular formula is C64H43NS. The van der Waals surface area contributed by atoms with Gasteiger partial charge in [-0.25, -0.2) is 0 Å². The molecule has 0 aliphatic heterocycles. The van der Waals surface area contributed by atoms with E-state index in [1.165, 1.54) is 103 Å². The third-order valence-corrected chi connectivity index (χ3v) is 14.1. The van der Waals surface area contributed by atoms with E-state index < -0.39 is 0 Å². The van der Waals surface area contributed by atoms with Crippen molar-refractivity contribution in [3.63, 3.8) is 0 Å². The summed E-state index contributed by atoms with van der Waals surface area (Å²) in [6, 6.07) is 95.1. The maximum atomic E-state index is 2.42. The van der Waals surface area contributed by atoms with Crippen molar-refractivity contribution in [3.05, 3.63) is 261 Å². The summed E-state index contributed by atoms with van der Waals surface area (Å²) in [5.41, 5.74) is 17.8. The lowest BCUT2D eigenvalue weighted by Crippen LogP contribution is -2.10. The molecule has 0 saturated carbocycles. The molecule has 0 aliphatic carbocycles. The summed E-state index contributed by atoms with van der Waals surface area (Å²) in [6.07, 6.45) is 0. The van der Waals surface area contributed by atoms with E-state index in [0.717, 1.165) is 11.4 Å². The van der Waals surface area contributed by atoms with Crippen LogP contribution < -0.4 is 4.90 Å². The largest absolute Gasteiger partial charge is 0.309 e. The predicted molar refractivity (Wildman–Crippen MR) is 284 cm³/mol. The van der Waals surface area contributed by atoms with E-state index in [4.69, 9.17) is 0 Å². The minimum atomic E-state index is 1.11. The summed E-state index contributed by atoms with van der Waals surface area (Å²) in [5.74, 6) is 0. The fourth-order valence-electron chi connectivity index (χ4n) is 9.43. The van der Waals surface area contributed by atoms with Crippen LogP contribution >= 0.6 is 11.3 Å². The zero-order chi connectivity index (χ0) is 43.8. The predicted octanol–water partition coefficient (Wildman–Crippen LogP) is 18.7. The lowest BCUT2D eigenvalue weighted by molar-refractivity contribution is 1.30. The highest BCUT2D eigenvalue weighted by Crippen LogP contribution is 2.45. The van der Waals surface area contributed by atoms with E-state index in [2.05, 4.69) is 266 Å². The van der Waals surface area contributed by atoms with Gasteiger partial charge in [-0.1, -0.05) is 194 Å². The summed E-state index contributed by atoms with van der Waals surface area (Å²) in [7, 11) is 0. The molecule has 0 unspecified atom stereocenters. The number of fused-ring (bicyclic) bond motifs is 4. The number of hydrogen-bond donors (Lipinski definition) is 0. The Kier molecular flexibility index (Phi) is 10.1.